The lowest BCUT2D eigenvalue weighted by atomic mass is 10.2. The molecular formula is C19H24N4. The van der Waals surface area contributed by atoms with E-state index < -0.39 is 0 Å². The Balaban J connectivity index is 1.67. The quantitative estimate of drug-likeness (QED) is 0.923. The van der Waals surface area contributed by atoms with E-state index in [1.165, 1.54) is 38.5 Å². The van der Waals surface area contributed by atoms with E-state index in [4.69, 9.17) is 9.97 Å². The number of rotatable bonds is 4. The summed E-state index contributed by atoms with van der Waals surface area (Å²) in [5, 5.41) is 3.64. The number of aromatic nitrogens is 2. The van der Waals surface area contributed by atoms with E-state index in [-0.39, 0.29) is 0 Å². The largest absolute Gasteiger partial charge is 0.367 e. The summed E-state index contributed by atoms with van der Waals surface area (Å²) in [6.45, 7) is 2.21. The van der Waals surface area contributed by atoms with Crippen molar-refractivity contribution >= 4 is 11.6 Å². The number of benzene rings is 1. The van der Waals surface area contributed by atoms with Crippen molar-refractivity contribution in [3.05, 3.63) is 36.4 Å². The zero-order valence-electron chi connectivity index (χ0n) is 13.5. The molecule has 23 heavy (non-hydrogen) atoms. The van der Waals surface area contributed by atoms with Crippen LogP contribution in [0.4, 0.5) is 11.6 Å². The Morgan fingerprint density at radius 1 is 0.913 bits per heavy atom. The summed E-state index contributed by atoms with van der Waals surface area (Å²) >= 11 is 0. The molecular weight excluding hydrogens is 284 g/mol. The van der Waals surface area contributed by atoms with Crippen molar-refractivity contribution in [1.29, 1.82) is 0 Å². The molecule has 1 saturated heterocycles. The van der Waals surface area contributed by atoms with Crippen LogP contribution in [0.1, 0.15) is 38.5 Å². The van der Waals surface area contributed by atoms with E-state index >= 15 is 0 Å². The van der Waals surface area contributed by atoms with Crippen LogP contribution in [0.3, 0.4) is 0 Å². The van der Waals surface area contributed by atoms with Gasteiger partial charge in [-0.1, -0.05) is 43.2 Å². The molecule has 2 heterocycles. The molecule has 4 heteroatoms. The van der Waals surface area contributed by atoms with Gasteiger partial charge in [0.2, 0.25) is 0 Å². The van der Waals surface area contributed by atoms with E-state index in [0.29, 0.717) is 6.04 Å². The van der Waals surface area contributed by atoms with Crippen molar-refractivity contribution in [2.75, 3.05) is 23.3 Å². The van der Waals surface area contributed by atoms with E-state index in [0.717, 1.165) is 36.1 Å². The Labute approximate surface area is 138 Å². The van der Waals surface area contributed by atoms with Crippen LogP contribution in [0, 0.1) is 0 Å². The van der Waals surface area contributed by atoms with Gasteiger partial charge < -0.3 is 10.2 Å². The summed E-state index contributed by atoms with van der Waals surface area (Å²) in [5.74, 6) is 2.88. The molecule has 1 aliphatic carbocycles. The zero-order chi connectivity index (χ0) is 15.5. The lowest BCUT2D eigenvalue weighted by Crippen LogP contribution is -2.21. The summed E-state index contributed by atoms with van der Waals surface area (Å²) in [4.78, 5) is 12.0. The predicted molar refractivity (Wildman–Crippen MR) is 94.8 cm³/mol. The molecule has 120 valence electrons. The molecule has 1 saturated carbocycles. The summed E-state index contributed by atoms with van der Waals surface area (Å²) < 4.78 is 0. The molecule has 1 aromatic heterocycles. The van der Waals surface area contributed by atoms with Gasteiger partial charge in [0.05, 0.1) is 0 Å². The third kappa shape index (κ3) is 3.31. The van der Waals surface area contributed by atoms with Gasteiger partial charge in [-0.05, 0) is 25.7 Å². The highest BCUT2D eigenvalue weighted by molar-refractivity contribution is 5.62. The fourth-order valence-corrected chi connectivity index (χ4v) is 3.61. The topological polar surface area (TPSA) is 41.1 Å². The Bertz CT molecular complexity index is 644. The minimum Gasteiger partial charge on any atom is -0.367 e. The fraction of sp³-hybridized carbons (Fsp3) is 0.474. The Kier molecular flexibility index (Phi) is 4.14. The van der Waals surface area contributed by atoms with Crippen molar-refractivity contribution in [3.8, 4) is 11.4 Å². The first-order chi connectivity index (χ1) is 11.4. The van der Waals surface area contributed by atoms with Crippen LogP contribution in [0.25, 0.3) is 11.4 Å². The van der Waals surface area contributed by atoms with Gasteiger partial charge >= 0.3 is 0 Å². The normalized spacial score (nSPS) is 18.5. The van der Waals surface area contributed by atoms with Gasteiger partial charge in [-0.3, -0.25) is 0 Å². The van der Waals surface area contributed by atoms with Gasteiger partial charge in [-0.25, -0.2) is 9.97 Å². The van der Waals surface area contributed by atoms with Crippen molar-refractivity contribution in [2.45, 2.75) is 44.6 Å². The summed E-state index contributed by atoms with van der Waals surface area (Å²) in [5.41, 5.74) is 1.09. The predicted octanol–water partition coefficient (Wildman–Crippen LogP) is 4.10. The van der Waals surface area contributed by atoms with Crippen LogP contribution >= 0.6 is 0 Å². The molecule has 4 rings (SSSR count). The Morgan fingerprint density at radius 3 is 2.39 bits per heavy atom. The van der Waals surface area contributed by atoms with Crippen LogP contribution < -0.4 is 10.2 Å². The van der Waals surface area contributed by atoms with Crippen LogP contribution in [0.5, 0.6) is 0 Å². The first-order valence-corrected chi connectivity index (χ1v) is 8.84. The lowest BCUT2D eigenvalue weighted by molar-refractivity contribution is 0.749. The smallest absolute Gasteiger partial charge is 0.163 e. The van der Waals surface area contributed by atoms with Gasteiger partial charge in [-0.2, -0.15) is 0 Å². The number of nitrogens with one attached hydrogen (secondary N) is 1. The van der Waals surface area contributed by atoms with Crippen molar-refractivity contribution < 1.29 is 0 Å². The maximum Gasteiger partial charge on any atom is 0.163 e. The number of hydrogen-bond acceptors (Lipinski definition) is 4. The lowest BCUT2D eigenvalue weighted by Gasteiger charge is -2.20. The zero-order valence-corrected chi connectivity index (χ0v) is 13.5. The molecule has 1 aromatic carbocycles. The fourth-order valence-electron chi connectivity index (χ4n) is 3.61. The second-order valence-corrected chi connectivity index (χ2v) is 6.62. The van der Waals surface area contributed by atoms with Crippen molar-refractivity contribution in [2.24, 2.45) is 0 Å². The molecule has 2 aromatic rings. The molecule has 0 amide bonds. The van der Waals surface area contributed by atoms with Crippen molar-refractivity contribution in [1.82, 2.24) is 9.97 Å². The first kappa shape index (κ1) is 14.5. The minimum absolute atomic E-state index is 0.569. The summed E-state index contributed by atoms with van der Waals surface area (Å²) in [7, 11) is 0. The third-order valence-electron chi connectivity index (χ3n) is 4.88. The number of anilines is 2. The highest BCUT2D eigenvalue weighted by atomic mass is 15.2. The monoisotopic (exact) mass is 308 g/mol. The second-order valence-electron chi connectivity index (χ2n) is 6.62. The SMILES string of the molecule is c1ccc(-c2nc(NC3CCCC3)cc(N3CCCC3)n2)cc1. The van der Waals surface area contributed by atoms with Gasteiger partial charge in [-0.15, -0.1) is 0 Å². The van der Waals surface area contributed by atoms with Crippen LogP contribution in [0.15, 0.2) is 36.4 Å². The van der Waals surface area contributed by atoms with Crippen molar-refractivity contribution in [3.63, 3.8) is 0 Å². The average molecular weight is 308 g/mol. The average Bonchev–Trinajstić information content (AvgIpc) is 3.29. The minimum atomic E-state index is 0.569. The second kappa shape index (κ2) is 6.57. The van der Waals surface area contributed by atoms with Crippen LogP contribution in [-0.4, -0.2) is 29.1 Å². The third-order valence-corrected chi connectivity index (χ3v) is 4.88. The molecule has 1 N–H and O–H groups in total. The summed E-state index contributed by atoms with van der Waals surface area (Å²) in [6, 6.07) is 13.0. The number of nitrogens with zero attached hydrogens (tertiary/aromatic N) is 3. The van der Waals surface area contributed by atoms with Gasteiger partial charge in [0.25, 0.3) is 0 Å². The maximum atomic E-state index is 4.84. The highest BCUT2D eigenvalue weighted by Gasteiger charge is 2.19. The molecule has 0 radical (unpaired) electrons. The highest BCUT2D eigenvalue weighted by Crippen LogP contribution is 2.27. The van der Waals surface area contributed by atoms with Crippen LogP contribution in [-0.2, 0) is 0 Å². The molecule has 0 bridgehead atoms. The summed E-state index contributed by atoms with van der Waals surface area (Å²) in [6.07, 6.45) is 7.68. The Hall–Kier alpha value is -2.10. The van der Waals surface area contributed by atoms with Crippen LogP contribution in [0.2, 0.25) is 0 Å². The maximum absolute atomic E-state index is 4.84. The van der Waals surface area contributed by atoms with E-state index in [2.05, 4.69) is 28.4 Å². The molecule has 2 aliphatic rings. The Morgan fingerprint density at radius 2 is 1.65 bits per heavy atom. The van der Waals surface area contributed by atoms with Gasteiger partial charge in [0.1, 0.15) is 11.6 Å². The standard InChI is InChI=1S/C19H24N4/c1-2-8-15(9-3-1)19-21-17(20-16-10-4-5-11-16)14-18(22-19)23-12-6-7-13-23/h1-3,8-9,14,16H,4-7,10-13H2,(H,20,21,22). The molecule has 4 nitrogen and oxygen atoms in total. The molecule has 2 fully saturated rings. The molecule has 0 atom stereocenters. The molecule has 0 unspecified atom stereocenters. The first-order valence-electron chi connectivity index (χ1n) is 8.84. The van der Waals surface area contributed by atoms with Gasteiger partial charge in [0.15, 0.2) is 5.82 Å². The van der Waals surface area contributed by atoms with E-state index in [1.807, 2.05) is 18.2 Å². The number of hydrogen-bond donors (Lipinski definition) is 1. The van der Waals surface area contributed by atoms with E-state index in [1.54, 1.807) is 0 Å². The molecule has 0 spiro atoms. The van der Waals surface area contributed by atoms with Gasteiger partial charge in [0, 0.05) is 30.8 Å². The van der Waals surface area contributed by atoms with E-state index in [9.17, 15) is 0 Å². The molecule has 1 aliphatic heterocycles.